The maximum atomic E-state index is 15.2. The van der Waals surface area contributed by atoms with Gasteiger partial charge in [-0.1, -0.05) is 0 Å². The smallest absolute Gasteiger partial charge is 0.350 e. The fourth-order valence-electron chi connectivity index (χ4n) is 4.21. The minimum Gasteiger partial charge on any atom is -0.369 e. The van der Waals surface area contributed by atoms with Gasteiger partial charge in [0.05, 0.1) is 16.6 Å². The van der Waals surface area contributed by atoms with Crippen LogP contribution in [0.5, 0.6) is 0 Å². The average molecular weight is 375 g/mol. The molecule has 2 heterocycles. The van der Waals surface area contributed by atoms with Gasteiger partial charge in [0.2, 0.25) is 0 Å². The zero-order chi connectivity index (χ0) is 19.5. The molecule has 146 valence electrons. The lowest BCUT2D eigenvalue weighted by Gasteiger charge is -2.24. The van der Waals surface area contributed by atoms with Crippen molar-refractivity contribution in [3.8, 4) is 0 Å². The number of nitrogen functional groups attached to an aromatic ring is 1. The van der Waals surface area contributed by atoms with Crippen molar-refractivity contribution in [2.24, 2.45) is 5.92 Å². The minimum absolute atomic E-state index is 0.0313. The predicted molar refractivity (Wildman–Crippen MR) is 104 cm³/mol. The van der Waals surface area contributed by atoms with E-state index in [2.05, 4.69) is 12.2 Å². The number of nitrogens with zero attached hydrogens (tertiary/aromatic N) is 3. The molecule has 1 aliphatic carbocycles. The second-order valence-corrected chi connectivity index (χ2v) is 7.86. The number of fused-ring (bicyclic) bond motifs is 1. The lowest BCUT2D eigenvalue weighted by molar-refractivity contribution is 0.428. The summed E-state index contributed by atoms with van der Waals surface area (Å²) in [6.45, 7) is 5.21. The summed E-state index contributed by atoms with van der Waals surface area (Å²) < 4.78 is 17.4. The Kier molecular flexibility index (Phi) is 4.25. The van der Waals surface area contributed by atoms with E-state index < -0.39 is 17.1 Å². The summed E-state index contributed by atoms with van der Waals surface area (Å²) in [5.41, 5.74) is 0.0428. The van der Waals surface area contributed by atoms with Gasteiger partial charge in [-0.05, 0) is 52.1 Å². The molecule has 1 aromatic carbocycles. The van der Waals surface area contributed by atoms with Crippen LogP contribution in [0.3, 0.4) is 0 Å². The number of rotatable bonds is 4. The summed E-state index contributed by atoms with van der Waals surface area (Å²) in [6, 6.07) is 2.04. The number of nitrogens with one attached hydrogen (secondary N) is 1. The number of nitrogens with two attached hydrogens (primary N) is 1. The number of anilines is 1. The van der Waals surface area contributed by atoms with Crippen LogP contribution in [0.4, 0.5) is 10.1 Å². The highest BCUT2D eigenvalue weighted by Crippen LogP contribution is 2.38. The Balaban J connectivity index is 1.90. The van der Waals surface area contributed by atoms with Crippen molar-refractivity contribution in [1.29, 1.82) is 0 Å². The van der Waals surface area contributed by atoms with Crippen molar-refractivity contribution in [1.82, 2.24) is 14.6 Å². The fourth-order valence-corrected chi connectivity index (χ4v) is 4.21. The van der Waals surface area contributed by atoms with Crippen LogP contribution >= 0.6 is 0 Å². The molecule has 2 atom stereocenters. The van der Waals surface area contributed by atoms with E-state index in [1.807, 2.05) is 11.9 Å². The van der Waals surface area contributed by atoms with Crippen LogP contribution in [0.25, 0.3) is 10.9 Å². The molecule has 0 radical (unpaired) electrons. The number of aromatic nitrogens is 2. The van der Waals surface area contributed by atoms with Crippen molar-refractivity contribution < 1.29 is 4.39 Å². The Morgan fingerprint density at radius 3 is 2.63 bits per heavy atom. The van der Waals surface area contributed by atoms with Gasteiger partial charge in [0.25, 0.3) is 5.56 Å². The Labute approximate surface area is 156 Å². The molecule has 0 spiro atoms. The molecule has 2 aromatic rings. The van der Waals surface area contributed by atoms with Gasteiger partial charge in [-0.15, -0.1) is 0 Å². The monoisotopic (exact) mass is 375 g/mol. The summed E-state index contributed by atoms with van der Waals surface area (Å²) in [7, 11) is 1.93. The molecular formula is C19H26FN5O2. The SMILES string of the molecule is CN[C@@H](C)[C@@H]1CCN(c2cc3c(c(C)c2F)c(=O)n(N)c(=O)n3C2CC2)C1. The summed E-state index contributed by atoms with van der Waals surface area (Å²) in [5.74, 6) is 5.71. The van der Waals surface area contributed by atoms with Crippen LogP contribution in [0.15, 0.2) is 15.7 Å². The Bertz CT molecular complexity index is 1020. The van der Waals surface area contributed by atoms with Crippen molar-refractivity contribution >= 4 is 16.6 Å². The first-order valence-corrected chi connectivity index (χ1v) is 9.52. The zero-order valence-corrected chi connectivity index (χ0v) is 16.0. The normalized spacial score (nSPS) is 21.2. The van der Waals surface area contributed by atoms with E-state index in [4.69, 9.17) is 5.84 Å². The molecule has 2 aliphatic rings. The van der Waals surface area contributed by atoms with Crippen LogP contribution in [0.1, 0.15) is 37.8 Å². The highest BCUT2D eigenvalue weighted by molar-refractivity contribution is 5.86. The molecular weight excluding hydrogens is 349 g/mol. The number of aryl methyl sites for hydroxylation is 1. The lowest BCUT2D eigenvalue weighted by atomic mass is 10.0. The highest BCUT2D eigenvalue weighted by atomic mass is 19.1. The number of halogens is 1. The van der Waals surface area contributed by atoms with Gasteiger partial charge in [-0.2, -0.15) is 4.68 Å². The van der Waals surface area contributed by atoms with E-state index in [1.54, 1.807) is 17.6 Å². The van der Waals surface area contributed by atoms with E-state index in [0.29, 0.717) is 27.8 Å². The van der Waals surface area contributed by atoms with Crippen LogP contribution in [-0.2, 0) is 0 Å². The molecule has 0 bridgehead atoms. The molecule has 1 saturated heterocycles. The maximum Gasteiger partial charge on any atom is 0.350 e. The lowest BCUT2D eigenvalue weighted by Crippen LogP contribution is -2.44. The molecule has 2 fully saturated rings. The van der Waals surface area contributed by atoms with Crippen LogP contribution in [0.2, 0.25) is 0 Å². The first-order chi connectivity index (χ1) is 12.8. The van der Waals surface area contributed by atoms with E-state index in [9.17, 15) is 9.59 Å². The molecule has 0 amide bonds. The second kappa shape index (κ2) is 6.37. The van der Waals surface area contributed by atoms with Gasteiger partial charge in [-0.3, -0.25) is 9.36 Å². The van der Waals surface area contributed by atoms with Crippen molar-refractivity contribution in [3.63, 3.8) is 0 Å². The molecule has 3 N–H and O–H groups in total. The molecule has 0 unspecified atom stereocenters. The molecule has 1 saturated carbocycles. The van der Waals surface area contributed by atoms with E-state index >= 15 is 4.39 Å². The fraction of sp³-hybridized carbons (Fsp3) is 0.579. The number of hydrogen-bond acceptors (Lipinski definition) is 5. The van der Waals surface area contributed by atoms with Crippen LogP contribution in [-0.4, -0.2) is 35.4 Å². The topological polar surface area (TPSA) is 85.3 Å². The van der Waals surface area contributed by atoms with Gasteiger partial charge in [0.15, 0.2) is 0 Å². The Hall–Kier alpha value is -2.35. The number of benzene rings is 1. The first-order valence-electron chi connectivity index (χ1n) is 9.52. The highest BCUT2D eigenvalue weighted by Gasteiger charge is 2.32. The molecule has 27 heavy (non-hydrogen) atoms. The Morgan fingerprint density at radius 2 is 2.00 bits per heavy atom. The average Bonchev–Trinajstić information content (AvgIpc) is 3.37. The Morgan fingerprint density at radius 1 is 1.30 bits per heavy atom. The summed E-state index contributed by atoms with van der Waals surface area (Å²) in [4.78, 5) is 27.2. The third-order valence-corrected chi connectivity index (χ3v) is 6.20. The number of hydrogen-bond donors (Lipinski definition) is 2. The second-order valence-electron chi connectivity index (χ2n) is 7.86. The summed E-state index contributed by atoms with van der Waals surface area (Å²) >= 11 is 0. The largest absolute Gasteiger partial charge is 0.369 e. The van der Waals surface area contributed by atoms with Gasteiger partial charge in [-0.25, -0.2) is 9.18 Å². The molecule has 8 heteroatoms. The van der Waals surface area contributed by atoms with Crippen molar-refractivity contribution in [2.75, 3.05) is 30.9 Å². The first kappa shape index (κ1) is 18.0. The third kappa shape index (κ3) is 2.74. The zero-order valence-electron chi connectivity index (χ0n) is 16.0. The van der Waals surface area contributed by atoms with Gasteiger partial charge in [0.1, 0.15) is 5.82 Å². The molecule has 4 rings (SSSR count). The van der Waals surface area contributed by atoms with Gasteiger partial charge >= 0.3 is 5.69 Å². The predicted octanol–water partition coefficient (Wildman–Crippen LogP) is 1.09. The van der Waals surface area contributed by atoms with Gasteiger partial charge < -0.3 is 16.1 Å². The standard InChI is InChI=1S/C19H26FN5O2/c1-10-16-14(24(13-4-5-13)19(27)25(21)18(16)26)8-15(17(10)20)23-7-6-12(9-23)11(2)22-3/h8,11-13,22H,4-7,9,21H2,1-3H3/t11-,12+/m0/s1. The van der Waals surface area contributed by atoms with E-state index in [-0.39, 0.29) is 17.0 Å². The third-order valence-electron chi connectivity index (χ3n) is 6.20. The maximum absolute atomic E-state index is 15.2. The quantitative estimate of drug-likeness (QED) is 0.782. The molecule has 7 nitrogen and oxygen atoms in total. The van der Waals surface area contributed by atoms with Crippen molar-refractivity contribution in [3.05, 3.63) is 38.3 Å². The minimum atomic E-state index is -0.641. The van der Waals surface area contributed by atoms with Crippen molar-refractivity contribution in [2.45, 2.75) is 45.2 Å². The van der Waals surface area contributed by atoms with E-state index in [1.165, 1.54) is 0 Å². The van der Waals surface area contributed by atoms with Crippen LogP contribution < -0.4 is 27.3 Å². The van der Waals surface area contributed by atoms with Crippen LogP contribution in [0, 0.1) is 18.7 Å². The van der Waals surface area contributed by atoms with E-state index in [0.717, 1.165) is 32.4 Å². The molecule has 1 aliphatic heterocycles. The van der Waals surface area contributed by atoms with Gasteiger partial charge in [0, 0.05) is 30.7 Å². The molecule has 1 aromatic heterocycles. The summed E-state index contributed by atoms with van der Waals surface area (Å²) in [6.07, 6.45) is 2.70. The summed E-state index contributed by atoms with van der Waals surface area (Å²) in [5, 5.41) is 3.46.